The van der Waals surface area contributed by atoms with Crippen LogP contribution in [0, 0.1) is 17.2 Å². The number of carbonyl (C=O) groups excluding carboxylic acids is 1. The van der Waals surface area contributed by atoms with Crippen molar-refractivity contribution in [2.24, 2.45) is 13.0 Å². The molecule has 6 nitrogen and oxygen atoms in total. The fraction of sp³-hybridized carbons (Fsp3) is 0.267. The van der Waals surface area contributed by atoms with Crippen molar-refractivity contribution < 1.29 is 9.21 Å². The van der Waals surface area contributed by atoms with Crippen LogP contribution in [0.25, 0.3) is 11.1 Å². The van der Waals surface area contributed by atoms with Gasteiger partial charge in [-0.05, 0) is 37.0 Å². The van der Waals surface area contributed by atoms with E-state index in [0.29, 0.717) is 22.7 Å². The summed E-state index contributed by atoms with van der Waals surface area (Å²) in [6.07, 6.45) is 3.77. The normalized spacial score (nSPS) is 15.0. The molecule has 0 spiro atoms. The molecule has 106 valence electrons. The molecule has 1 aliphatic carbocycles. The number of fused-ring (bicyclic) bond motifs is 1. The van der Waals surface area contributed by atoms with Gasteiger partial charge in [0.1, 0.15) is 11.6 Å². The number of aryl methyl sites for hydroxylation is 1. The zero-order valence-corrected chi connectivity index (χ0v) is 11.4. The van der Waals surface area contributed by atoms with Gasteiger partial charge in [0.15, 0.2) is 5.58 Å². The predicted octanol–water partition coefficient (Wildman–Crippen LogP) is 1.93. The number of anilines is 1. The monoisotopic (exact) mass is 283 g/mol. The number of allylic oxidation sites excluding steroid dienone is 1. The summed E-state index contributed by atoms with van der Waals surface area (Å²) in [7, 11) is 1.59. The van der Waals surface area contributed by atoms with Gasteiger partial charge in [-0.3, -0.25) is 9.36 Å². The van der Waals surface area contributed by atoms with Crippen LogP contribution in [0.5, 0.6) is 0 Å². The number of nitrogens with zero attached hydrogens (tertiary/aromatic N) is 2. The Morgan fingerprint density at radius 1 is 1.52 bits per heavy atom. The largest absolute Gasteiger partial charge is 0.419 e. The number of amides is 1. The van der Waals surface area contributed by atoms with Gasteiger partial charge in [0.25, 0.3) is 5.91 Å². The molecule has 1 saturated carbocycles. The summed E-state index contributed by atoms with van der Waals surface area (Å²) in [5.74, 6) is -0.542. The molecule has 0 bridgehead atoms. The van der Waals surface area contributed by atoms with Crippen molar-refractivity contribution in [2.45, 2.75) is 12.8 Å². The molecule has 3 rings (SSSR count). The topological polar surface area (TPSA) is 88.0 Å². The average Bonchev–Trinajstić information content (AvgIpc) is 3.24. The minimum Gasteiger partial charge on any atom is -0.408 e. The highest BCUT2D eigenvalue weighted by Crippen LogP contribution is 2.31. The van der Waals surface area contributed by atoms with Crippen molar-refractivity contribution in [2.75, 3.05) is 5.32 Å². The quantitative estimate of drug-likeness (QED) is 0.688. The number of carbonyl (C=O) groups is 1. The first-order valence-electron chi connectivity index (χ1n) is 6.61. The smallest absolute Gasteiger partial charge is 0.408 e. The van der Waals surface area contributed by atoms with E-state index in [1.165, 1.54) is 4.57 Å². The van der Waals surface area contributed by atoms with E-state index >= 15 is 0 Å². The van der Waals surface area contributed by atoms with Gasteiger partial charge in [0.05, 0.1) is 5.52 Å². The second-order valence-corrected chi connectivity index (χ2v) is 5.09. The Balaban J connectivity index is 1.87. The Bertz CT molecular complexity index is 847. The molecule has 0 aliphatic heterocycles. The maximum Gasteiger partial charge on any atom is 0.419 e. The molecule has 1 aliphatic rings. The lowest BCUT2D eigenvalue weighted by molar-refractivity contribution is -0.112. The van der Waals surface area contributed by atoms with Crippen LogP contribution >= 0.6 is 0 Å². The molecule has 1 amide bonds. The summed E-state index contributed by atoms with van der Waals surface area (Å²) in [5.41, 5.74) is 1.68. The molecule has 0 unspecified atom stereocenters. The fourth-order valence-electron chi connectivity index (χ4n) is 2.07. The summed E-state index contributed by atoms with van der Waals surface area (Å²) >= 11 is 0. The van der Waals surface area contributed by atoms with Crippen LogP contribution in [0.15, 0.2) is 39.1 Å². The molecule has 0 saturated heterocycles. The van der Waals surface area contributed by atoms with E-state index in [1.807, 2.05) is 6.07 Å². The number of nitriles is 1. The number of nitrogens with one attached hydrogen (secondary N) is 1. The SMILES string of the molecule is Cn1c(=O)oc2ccc(NC(=O)C(C#N)=CC3CC3)cc21. The van der Waals surface area contributed by atoms with Crippen LogP contribution < -0.4 is 11.1 Å². The van der Waals surface area contributed by atoms with Crippen molar-refractivity contribution in [3.63, 3.8) is 0 Å². The Labute approximate surface area is 120 Å². The Hall–Kier alpha value is -2.81. The second kappa shape index (κ2) is 4.94. The van der Waals surface area contributed by atoms with E-state index in [0.717, 1.165) is 12.8 Å². The molecule has 0 radical (unpaired) electrons. The van der Waals surface area contributed by atoms with Crippen LogP contribution in [0.2, 0.25) is 0 Å². The number of aromatic nitrogens is 1. The maximum absolute atomic E-state index is 12.0. The van der Waals surface area contributed by atoms with Gasteiger partial charge < -0.3 is 9.73 Å². The lowest BCUT2D eigenvalue weighted by Gasteiger charge is -2.04. The number of oxazole rings is 1. The second-order valence-electron chi connectivity index (χ2n) is 5.09. The maximum atomic E-state index is 12.0. The Kier molecular flexibility index (Phi) is 3.10. The molecule has 21 heavy (non-hydrogen) atoms. The molecule has 6 heteroatoms. The fourth-order valence-corrected chi connectivity index (χ4v) is 2.07. The van der Waals surface area contributed by atoms with E-state index in [2.05, 4.69) is 5.32 Å². The average molecular weight is 283 g/mol. The number of rotatable bonds is 3. The molecule has 1 fully saturated rings. The predicted molar refractivity (Wildman–Crippen MR) is 76.5 cm³/mol. The lowest BCUT2D eigenvalue weighted by atomic mass is 10.2. The van der Waals surface area contributed by atoms with Crippen LogP contribution in [-0.4, -0.2) is 10.5 Å². The van der Waals surface area contributed by atoms with E-state index in [-0.39, 0.29) is 5.57 Å². The van der Waals surface area contributed by atoms with E-state index in [9.17, 15) is 9.59 Å². The minimum absolute atomic E-state index is 0.124. The van der Waals surface area contributed by atoms with Crippen LogP contribution in [-0.2, 0) is 11.8 Å². The van der Waals surface area contributed by atoms with E-state index < -0.39 is 11.7 Å². The number of benzene rings is 1. The van der Waals surface area contributed by atoms with Gasteiger partial charge in [0.2, 0.25) is 0 Å². The van der Waals surface area contributed by atoms with Gasteiger partial charge in [-0.1, -0.05) is 6.08 Å². The summed E-state index contributed by atoms with van der Waals surface area (Å²) in [5, 5.41) is 11.7. The van der Waals surface area contributed by atoms with Crippen LogP contribution in [0.3, 0.4) is 0 Å². The Morgan fingerprint density at radius 3 is 2.95 bits per heavy atom. The van der Waals surface area contributed by atoms with E-state index in [1.54, 1.807) is 31.3 Å². The number of hydrogen-bond acceptors (Lipinski definition) is 4. The van der Waals surface area contributed by atoms with Crippen molar-refractivity contribution in [1.82, 2.24) is 4.57 Å². The summed E-state index contributed by atoms with van der Waals surface area (Å²) in [6, 6.07) is 6.81. The molecule has 1 aromatic heterocycles. The lowest BCUT2D eigenvalue weighted by Crippen LogP contribution is -2.14. The zero-order chi connectivity index (χ0) is 15.0. The summed E-state index contributed by atoms with van der Waals surface area (Å²) in [6.45, 7) is 0. The first-order valence-corrected chi connectivity index (χ1v) is 6.61. The van der Waals surface area contributed by atoms with Crippen LogP contribution in [0.1, 0.15) is 12.8 Å². The molecule has 0 atom stereocenters. The highest BCUT2D eigenvalue weighted by atomic mass is 16.4. The Morgan fingerprint density at radius 2 is 2.29 bits per heavy atom. The zero-order valence-electron chi connectivity index (χ0n) is 11.4. The van der Waals surface area contributed by atoms with Crippen molar-refractivity contribution in [1.29, 1.82) is 5.26 Å². The van der Waals surface area contributed by atoms with Gasteiger partial charge >= 0.3 is 5.76 Å². The van der Waals surface area contributed by atoms with Crippen LogP contribution in [0.4, 0.5) is 5.69 Å². The van der Waals surface area contributed by atoms with Gasteiger partial charge in [-0.2, -0.15) is 5.26 Å². The molecule has 2 aromatic rings. The molecule has 1 N–H and O–H groups in total. The summed E-state index contributed by atoms with van der Waals surface area (Å²) < 4.78 is 6.38. The third kappa shape index (κ3) is 2.58. The molecular formula is C15H13N3O3. The van der Waals surface area contributed by atoms with Crippen molar-refractivity contribution >= 4 is 22.7 Å². The minimum atomic E-state index is -0.459. The standard InChI is InChI=1S/C15H13N3O3/c1-18-12-7-11(4-5-13(12)21-15(18)20)17-14(19)10(8-16)6-9-2-3-9/h4-7,9H,2-3H2,1H3,(H,17,19). The third-order valence-corrected chi connectivity index (χ3v) is 3.44. The molecule has 1 aromatic carbocycles. The summed E-state index contributed by atoms with van der Waals surface area (Å²) in [4.78, 5) is 23.5. The number of hydrogen-bond donors (Lipinski definition) is 1. The first-order chi connectivity index (χ1) is 10.1. The third-order valence-electron chi connectivity index (χ3n) is 3.44. The van der Waals surface area contributed by atoms with Crippen molar-refractivity contribution in [3.8, 4) is 6.07 Å². The van der Waals surface area contributed by atoms with Gasteiger partial charge in [0, 0.05) is 12.7 Å². The molecule has 1 heterocycles. The highest BCUT2D eigenvalue weighted by molar-refractivity contribution is 6.07. The molecular weight excluding hydrogens is 270 g/mol. The van der Waals surface area contributed by atoms with Crippen molar-refractivity contribution in [3.05, 3.63) is 40.4 Å². The van der Waals surface area contributed by atoms with E-state index in [4.69, 9.17) is 9.68 Å². The van der Waals surface area contributed by atoms with Gasteiger partial charge in [-0.25, -0.2) is 4.79 Å². The highest BCUT2D eigenvalue weighted by Gasteiger charge is 2.21. The van der Waals surface area contributed by atoms with Gasteiger partial charge in [-0.15, -0.1) is 0 Å². The first kappa shape index (κ1) is 13.2.